The maximum Gasteiger partial charge on any atom is 0.416 e. The van der Waals surface area contributed by atoms with E-state index in [4.69, 9.17) is 0 Å². The number of halogens is 4. The summed E-state index contributed by atoms with van der Waals surface area (Å²) in [6.07, 6.45) is 0.0676. The van der Waals surface area contributed by atoms with Gasteiger partial charge in [0, 0.05) is 29.7 Å². The molecule has 3 N–H and O–H groups in total. The summed E-state index contributed by atoms with van der Waals surface area (Å²) >= 11 is 0. The highest BCUT2D eigenvalue weighted by molar-refractivity contribution is 6.06. The molecule has 0 spiro atoms. The van der Waals surface area contributed by atoms with Crippen molar-refractivity contribution in [1.29, 1.82) is 0 Å². The van der Waals surface area contributed by atoms with E-state index in [0.29, 0.717) is 23.6 Å². The molecule has 0 radical (unpaired) electrons. The van der Waals surface area contributed by atoms with Crippen LogP contribution in [0.15, 0.2) is 79.0 Å². The van der Waals surface area contributed by atoms with Crippen LogP contribution in [-0.4, -0.2) is 18.5 Å². The van der Waals surface area contributed by atoms with Gasteiger partial charge in [0.25, 0.3) is 5.91 Å². The van der Waals surface area contributed by atoms with Gasteiger partial charge in [0.1, 0.15) is 5.82 Å². The van der Waals surface area contributed by atoms with Gasteiger partial charge in [-0.25, -0.2) is 9.18 Å². The zero-order chi connectivity index (χ0) is 25.0. The summed E-state index contributed by atoms with van der Waals surface area (Å²) in [4.78, 5) is 27.0. The maximum atomic E-state index is 13.1. The molecule has 1 heterocycles. The molecule has 0 saturated carbocycles. The molecule has 10 heteroatoms. The molecule has 3 aromatic rings. The third-order valence-electron chi connectivity index (χ3n) is 5.19. The van der Waals surface area contributed by atoms with Gasteiger partial charge < -0.3 is 20.9 Å². The first kappa shape index (κ1) is 23.8. The molecule has 0 aliphatic carbocycles. The van der Waals surface area contributed by atoms with Crippen LogP contribution in [0.25, 0.3) is 0 Å². The number of carbonyl (C=O) groups is 2. The molecule has 1 aliphatic heterocycles. The van der Waals surface area contributed by atoms with E-state index in [-0.39, 0.29) is 11.3 Å². The topological polar surface area (TPSA) is 73.5 Å². The average Bonchev–Trinajstić information content (AvgIpc) is 3.34. The highest BCUT2D eigenvalue weighted by Gasteiger charge is 2.30. The summed E-state index contributed by atoms with van der Waals surface area (Å²) < 4.78 is 52.1. The van der Waals surface area contributed by atoms with Gasteiger partial charge in [0.15, 0.2) is 0 Å². The molecular formula is C25H20F4N4O2. The number of hydrogen-bond acceptors (Lipinski definition) is 3. The van der Waals surface area contributed by atoms with Crippen molar-refractivity contribution < 1.29 is 27.2 Å². The molecule has 0 unspecified atom stereocenters. The van der Waals surface area contributed by atoms with Crippen molar-refractivity contribution in [2.45, 2.75) is 12.6 Å². The molecule has 0 fully saturated rings. The van der Waals surface area contributed by atoms with E-state index in [2.05, 4.69) is 16.0 Å². The largest absolute Gasteiger partial charge is 0.416 e. The normalized spacial score (nSPS) is 13.0. The summed E-state index contributed by atoms with van der Waals surface area (Å²) in [5.74, 6) is -0.943. The molecule has 0 bridgehead atoms. The zero-order valence-corrected chi connectivity index (χ0v) is 18.2. The van der Waals surface area contributed by atoms with Crippen molar-refractivity contribution in [1.82, 2.24) is 0 Å². The fraction of sp³-hybridized carbons (Fsp3) is 0.120. The van der Waals surface area contributed by atoms with E-state index in [1.54, 1.807) is 12.1 Å². The van der Waals surface area contributed by atoms with Crippen LogP contribution in [0.3, 0.4) is 0 Å². The molecule has 1 aliphatic rings. The second-order valence-corrected chi connectivity index (χ2v) is 7.72. The Bertz CT molecular complexity index is 1270. The lowest BCUT2D eigenvalue weighted by atomic mass is 10.2. The Balaban J connectivity index is 1.54. The Hall–Kier alpha value is -4.34. The van der Waals surface area contributed by atoms with Gasteiger partial charge in [-0.05, 0) is 67.1 Å². The predicted octanol–water partition coefficient (Wildman–Crippen LogP) is 6.46. The minimum atomic E-state index is -4.54. The number of alkyl halides is 3. The average molecular weight is 484 g/mol. The van der Waals surface area contributed by atoms with E-state index < -0.39 is 29.5 Å². The Labute approximate surface area is 198 Å². The van der Waals surface area contributed by atoms with Crippen LogP contribution in [0.5, 0.6) is 0 Å². The summed E-state index contributed by atoms with van der Waals surface area (Å²) in [5, 5.41) is 7.74. The van der Waals surface area contributed by atoms with Gasteiger partial charge >= 0.3 is 12.2 Å². The van der Waals surface area contributed by atoms with Crippen LogP contribution >= 0.6 is 0 Å². The first-order valence-corrected chi connectivity index (χ1v) is 10.6. The molecule has 0 aromatic heterocycles. The van der Waals surface area contributed by atoms with E-state index in [0.717, 1.165) is 18.6 Å². The monoisotopic (exact) mass is 484 g/mol. The van der Waals surface area contributed by atoms with Crippen LogP contribution in [0, 0.1) is 5.82 Å². The van der Waals surface area contributed by atoms with Gasteiger partial charge in [-0.3, -0.25) is 4.79 Å². The number of anilines is 4. The van der Waals surface area contributed by atoms with Gasteiger partial charge in [0.05, 0.1) is 16.9 Å². The second kappa shape index (κ2) is 9.88. The molecule has 0 atom stereocenters. The van der Waals surface area contributed by atoms with Crippen LogP contribution in [0.1, 0.15) is 22.3 Å². The lowest BCUT2D eigenvalue weighted by Crippen LogP contribution is -2.22. The first-order chi connectivity index (χ1) is 16.7. The Morgan fingerprint density at radius 3 is 2.29 bits per heavy atom. The van der Waals surface area contributed by atoms with Crippen molar-refractivity contribution in [2.24, 2.45) is 0 Å². The fourth-order valence-electron chi connectivity index (χ4n) is 3.52. The molecule has 0 saturated heterocycles. The van der Waals surface area contributed by atoms with Crippen molar-refractivity contribution in [2.75, 3.05) is 27.4 Å². The molecule has 3 amide bonds. The number of nitrogens with zero attached hydrogens (tertiary/aromatic N) is 1. The van der Waals surface area contributed by atoms with Crippen molar-refractivity contribution in [3.63, 3.8) is 0 Å². The molecule has 6 nitrogen and oxygen atoms in total. The minimum Gasteiger partial charge on any atom is -0.346 e. The first-order valence-electron chi connectivity index (χ1n) is 10.6. The van der Waals surface area contributed by atoms with Gasteiger partial charge in [0.2, 0.25) is 0 Å². The van der Waals surface area contributed by atoms with E-state index in [1.807, 2.05) is 17.2 Å². The van der Waals surface area contributed by atoms with Gasteiger partial charge in [-0.15, -0.1) is 0 Å². The zero-order valence-electron chi connectivity index (χ0n) is 18.2. The molecule has 4 rings (SSSR count). The Morgan fingerprint density at radius 1 is 0.857 bits per heavy atom. The minimum absolute atomic E-state index is 0.0271. The lowest BCUT2D eigenvalue weighted by Gasteiger charge is -2.21. The van der Waals surface area contributed by atoms with Crippen LogP contribution < -0.4 is 20.9 Å². The highest BCUT2D eigenvalue weighted by atomic mass is 19.4. The fourth-order valence-corrected chi connectivity index (χ4v) is 3.52. The third-order valence-corrected chi connectivity index (χ3v) is 5.19. The second-order valence-electron chi connectivity index (χ2n) is 7.72. The van der Waals surface area contributed by atoms with Gasteiger partial charge in [-0.1, -0.05) is 12.1 Å². The van der Waals surface area contributed by atoms with E-state index in [1.165, 1.54) is 42.5 Å². The molecule has 35 heavy (non-hydrogen) atoms. The molecule has 3 aromatic carbocycles. The van der Waals surface area contributed by atoms with E-state index >= 15 is 0 Å². The standard InChI is InChI=1S/C25H20F4N4O2/c26-18-8-6-16(7-9-18)23(34)30-20-10-11-22(33-12-1-2-13-33)21(15-20)32-24(35)31-19-5-3-4-17(14-19)25(27,28)29/h1,3-12,14-15H,2,13H2,(H,30,34)(H2,31,32,35). The summed E-state index contributed by atoms with van der Waals surface area (Å²) in [6, 6.07) is 13.5. The Kier molecular flexibility index (Phi) is 6.72. The van der Waals surface area contributed by atoms with Crippen LogP contribution in [-0.2, 0) is 6.18 Å². The predicted molar refractivity (Wildman–Crippen MR) is 126 cm³/mol. The lowest BCUT2D eigenvalue weighted by molar-refractivity contribution is -0.137. The molecule has 180 valence electrons. The van der Waals surface area contributed by atoms with Crippen molar-refractivity contribution in [3.8, 4) is 0 Å². The maximum absolute atomic E-state index is 13.1. The highest BCUT2D eigenvalue weighted by Crippen LogP contribution is 2.33. The quantitative estimate of drug-likeness (QED) is 0.364. The third kappa shape index (κ3) is 5.97. The number of carbonyl (C=O) groups excluding carboxylic acids is 2. The number of benzene rings is 3. The summed E-state index contributed by atoms with van der Waals surface area (Å²) in [6.45, 7) is 0.672. The summed E-state index contributed by atoms with van der Waals surface area (Å²) in [7, 11) is 0. The summed E-state index contributed by atoms with van der Waals surface area (Å²) in [5.41, 5.74) is 0.662. The smallest absolute Gasteiger partial charge is 0.346 e. The van der Waals surface area contributed by atoms with Crippen LogP contribution in [0.4, 0.5) is 45.1 Å². The number of amides is 3. The SMILES string of the molecule is O=C(Nc1cccc(C(F)(F)F)c1)Nc1cc(NC(=O)c2ccc(F)cc2)ccc1N1C=CCC1. The number of nitrogens with one attached hydrogen (secondary N) is 3. The number of urea groups is 1. The van der Waals surface area contributed by atoms with Crippen molar-refractivity contribution >= 4 is 34.7 Å². The van der Waals surface area contributed by atoms with E-state index in [9.17, 15) is 27.2 Å². The Morgan fingerprint density at radius 2 is 1.60 bits per heavy atom. The number of rotatable bonds is 5. The molecular weight excluding hydrogens is 464 g/mol. The number of hydrogen-bond donors (Lipinski definition) is 3. The van der Waals surface area contributed by atoms with Gasteiger partial charge in [-0.2, -0.15) is 13.2 Å². The van der Waals surface area contributed by atoms with Crippen molar-refractivity contribution in [3.05, 3.63) is 96.0 Å². The van der Waals surface area contributed by atoms with Crippen LogP contribution in [0.2, 0.25) is 0 Å².